The lowest BCUT2D eigenvalue weighted by atomic mass is 10.1. The van der Waals surface area contributed by atoms with E-state index in [-0.39, 0.29) is 18.1 Å². The third-order valence-electron chi connectivity index (χ3n) is 3.39. The summed E-state index contributed by atoms with van der Waals surface area (Å²) in [6, 6.07) is 10.2. The van der Waals surface area contributed by atoms with E-state index in [9.17, 15) is 4.79 Å². The third kappa shape index (κ3) is 3.84. The molecule has 1 amide bonds. The maximum Gasteiger partial charge on any atom is 0.220 e. The van der Waals surface area contributed by atoms with Gasteiger partial charge in [0.05, 0.1) is 12.1 Å². The van der Waals surface area contributed by atoms with Gasteiger partial charge in [0.15, 0.2) is 0 Å². The van der Waals surface area contributed by atoms with Crippen LogP contribution < -0.4 is 5.32 Å². The van der Waals surface area contributed by atoms with E-state index in [1.54, 1.807) is 0 Å². The second-order valence-corrected chi connectivity index (χ2v) is 4.89. The maximum atomic E-state index is 11.8. The first-order valence-corrected chi connectivity index (χ1v) is 6.70. The fourth-order valence-electron chi connectivity index (χ4n) is 2.32. The van der Waals surface area contributed by atoms with Gasteiger partial charge in [0, 0.05) is 13.0 Å². The van der Waals surface area contributed by atoms with Gasteiger partial charge in [0.1, 0.15) is 0 Å². The number of amides is 1. The predicted molar refractivity (Wildman–Crippen MR) is 71.3 cm³/mol. The van der Waals surface area contributed by atoms with Gasteiger partial charge < -0.3 is 10.1 Å². The van der Waals surface area contributed by atoms with E-state index in [0.717, 1.165) is 25.9 Å². The van der Waals surface area contributed by atoms with Gasteiger partial charge in [-0.15, -0.1) is 0 Å². The van der Waals surface area contributed by atoms with Gasteiger partial charge >= 0.3 is 0 Å². The number of benzene rings is 1. The maximum absolute atomic E-state index is 11.8. The second kappa shape index (κ2) is 6.55. The molecule has 0 unspecified atom stereocenters. The van der Waals surface area contributed by atoms with Gasteiger partial charge in [-0.1, -0.05) is 30.3 Å². The number of carbonyl (C=O) groups is 1. The molecule has 1 N–H and O–H groups in total. The number of hydrogen-bond donors (Lipinski definition) is 1. The smallest absolute Gasteiger partial charge is 0.220 e. The molecule has 0 aromatic heterocycles. The highest BCUT2D eigenvalue weighted by Gasteiger charge is 2.23. The van der Waals surface area contributed by atoms with Crippen molar-refractivity contribution in [2.75, 3.05) is 6.61 Å². The molecule has 3 heteroatoms. The van der Waals surface area contributed by atoms with Crippen LogP contribution in [0.2, 0.25) is 0 Å². The summed E-state index contributed by atoms with van der Waals surface area (Å²) in [6.45, 7) is 2.85. The van der Waals surface area contributed by atoms with Gasteiger partial charge in [-0.25, -0.2) is 0 Å². The largest absolute Gasteiger partial charge is 0.376 e. The van der Waals surface area contributed by atoms with Crippen LogP contribution in [0.4, 0.5) is 0 Å². The Bertz CT molecular complexity index is 371. The Balaban J connectivity index is 1.71. The molecule has 0 radical (unpaired) electrons. The zero-order chi connectivity index (χ0) is 12.8. The van der Waals surface area contributed by atoms with Crippen LogP contribution in [0.15, 0.2) is 30.3 Å². The Morgan fingerprint density at radius 1 is 1.44 bits per heavy atom. The van der Waals surface area contributed by atoms with Crippen molar-refractivity contribution in [3.63, 3.8) is 0 Å². The highest BCUT2D eigenvalue weighted by molar-refractivity contribution is 5.76. The van der Waals surface area contributed by atoms with Crippen molar-refractivity contribution < 1.29 is 9.53 Å². The first-order chi connectivity index (χ1) is 8.75. The van der Waals surface area contributed by atoms with E-state index in [2.05, 4.69) is 17.4 Å². The zero-order valence-corrected chi connectivity index (χ0v) is 10.9. The second-order valence-electron chi connectivity index (χ2n) is 4.89. The summed E-state index contributed by atoms with van der Waals surface area (Å²) in [5.74, 6) is 0.113. The molecular weight excluding hydrogens is 226 g/mol. The highest BCUT2D eigenvalue weighted by Crippen LogP contribution is 2.15. The Morgan fingerprint density at radius 2 is 2.22 bits per heavy atom. The number of hydrogen-bond acceptors (Lipinski definition) is 2. The topological polar surface area (TPSA) is 38.3 Å². The molecule has 0 bridgehead atoms. The lowest BCUT2D eigenvalue weighted by Crippen LogP contribution is -2.40. The van der Waals surface area contributed by atoms with Crippen LogP contribution in [-0.4, -0.2) is 24.7 Å². The molecule has 2 rings (SSSR count). The van der Waals surface area contributed by atoms with Crippen molar-refractivity contribution in [2.24, 2.45) is 0 Å². The molecule has 1 aromatic carbocycles. The molecule has 0 aliphatic carbocycles. The van der Waals surface area contributed by atoms with Crippen LogP contribution in [-0.2, 0) is 16.0 Å². The minimum Gasteiger partial charge on any atom is -0.376 e. The SMILES string of the molecule is C[C@@H](NC(=O)CCc1ccccc1)[C@H]1CCCO1. The first kappa shape index (κ1) is 13.1. The summed E-state index contributed by atoms with van der Waals surface area (Å²) in [7, 11) is 0. The number of ether oxygens (including phenoxy) is 1. The normalized spacial score (nSPS) is 20.6. The minimum atomic E-state index is 0.113. The van der Waals surface area contributed by atoms with Crippen molar-refractivity contribution in [3.8, 4) is 0 Å². The first-order valence-electron chi connectivity index (χ1n) is 6.70. The number of nitrogens with one attached hydrogen (secondary N) is 1. The molecule has 1 aromatic rings. The van der Waals surface area contributed by atoms with Gasteiger partial charge in [-0.05, 0) is 31.7 Å². The van der Waals surface area contributed by atoms with E-state index in [1.807, 2.05) is 25.1 Å². The van der Waals surface area contributed by atoms with Crippen molar-refractivity contribution in [2.45, 2.75) is 44.8 Å². The molecule has 1 aliphatic rings. The summed E-state index contributed by atoms with van der Waals surface area (Å²) >= 11 is 0. The van der Waals surface area contributed by atoms with Gasteiger partial charge in [0.25, 0.3) is 0 Å². The molecular formula is C15H21NO2. The molecule has 0 saturated carbocycles. The molecule has 1 heterocycles. The van der Waals surface area contributed by atoms with Gasteiger partial charge in [0.2, 0.25) is 5.91 Å². The third-order valence-corrected chi connectivity index (χ3v) is 3.39. The monoisotopic (exact) mass is 247 g/mol. The Morgan fingerprint density at radius 3 is 2.89 bits per heavy atom. The van der Waals surface area contributed by atoms with Crippen LogP contribution in [0.3, 0.4) is 0 Å². The van der Waals surface area contributed by atoms with E-state index in [0.29, 0.717) is 6.42 Å². The Labute approximate surface area is 109 Å². The summed E-state index contributed by atoms with van der Waals surface area (Å²) in [5, 5.41) is 3.03. The summed E-state index contributed by atoms with van der Waals surface area (Å²) in [6.07, 6.45) is 3.70. The standard InChI is InChI=1S/C15H21NO2/c1-12(14-8-5-11-18-14)16-15(17)10-9-13-6-3-2-4-7-13/h2-4,6-7,12,14H,5,8-11H2,1H3,(H,16,17)/t12-,14-/m1/s1. The molecule has 1 fully saturated rings. The average Bonchev–Trinajstić information content (AvgIpc) is 2.91. The zero-order valence-electron chi connectivity index (χ0n) is 10.9. The van der Waals surface area contributed by atoms with Crippen molar-refractivity contribution in [1.82, 2.24) is 5.32 Å². The molecule has 1 aliphatic heterocycles. The van der Waals surface area contributed by atoms with Gasteiger partial charge in [-0.2, -0.15) is 0 Å². The number of aryl methyl sites for hydroxylation is 1. The fraction of sp³-hybridized carbons (Fsp3) is 0.533. The van der Waals surface area contributed by atoms with Crippen LogP contribution in [0.1, 0.15) is 31.7 Å². The minimum absolute atomic E-state index is 0.113. The summed E-state index contributed by atoms with van der Waals surface area (Å²) in [4.78, 5) is 11.8. The predicted octanol–water partition coefficient (Wildman–Crippen LogP) is 2.30. The van der Waals surface area contributed by atoms with Crippen molar-refractivity contribution in [1.29, 1.82) is 0 Å². The molecule has 98 valence electrons. The van der Waals surface area contributed by atoms with Gasteiger partial charge in [-0.3, -0.25) is 4.79 Å². The van der Waals surface area contributed by atoms with Crippen LogP contribution in [0, 0.1) is 0 Å². The number of rotatable bonds is 5. The lowest BCUT2D eigenvalue weighted by Gasteiger charge is -2.19. The molecule has 2 atom stereocenters. The Hall–Kier alpha value is -1.35. The lowest BCUT2D eigenvalue weighted by molar-refractivity contribution is -0.122. The highest BCUT2D eigenvalue weighted by atomic mass is 16.5. The van der Waals surface area contributed by atoms with Crippen molar-refractivity contribution >= 4 is 5.91 Å². The molecule has 1 saturated heterocycles. The molecule has 0 spiro atoms. The number of carbonyl (C=O) groups excluding carboxylic acids is 1. The Kier molecular flexibility index (Phi) is 4.76. The van der Waals surface area contributed by atoms with Crippen LogP contribution >= 0.6 is 0 Å². The van der Waals surface area contributed by atoms with E-state index >= 15 is 0 Å². The van der Waals surface area contributed by atoms with Crippen LogP contribution in [0.25, 0.3) is 0 Å². The van der Waals surface area contributed by atoms with E-state index in [1.165, 1.54) is 5.56 Å². The average molecular weight is 247 g/mol. The van der Waals surface area contributed by atoms with Crippen molar-refractivity contribution in [3.05, 3.63) is 35.9 Å². The molecule has 18 heavy (non-hydrogen) atoms. The van der Waals surface area contributed by atoms with E-state index in [4.69, 9.17) is 4.74 Å². The molecule has 3 nitrogen and oxygen atoms in total. The summed E-state index contributed by atoms with van der Waals surface area (Å²) < 4.78 is 5.56. The summed E-state index contributed by atoms with van der Waals surface area (Å²) in [5.41, 5.74) is 1.21. The fourth-order valence-corrected chi connectivity index (χ4v) is 2.32. The van der Waals surface area contributed by atoms with E-state index < -0.39 is 0 Å². The van der Waals surface area contributed by atoms with Crippen LogP contribution in [0.5, 0.6) is 0 Å². The quantitative estimate of drug-likeness (QED) is 0.867.